The van der Waals surface area contributed by atoms with Crippen LogP contribution in [0.25, 0.3) is 0 Å². The largest absolute Gasteiger partial charge is 0.467 e. The predicted molar refractivity (Wildman–Crippen MR) is 103 cm³/mol. The zero-order valence-electron chi connectivity index (χ0n) is 15.6. The van der Waals surface area contributed by atoms with Crippen molar-refractivity contribution >= 4 is 23.6 Å². The normalized spacial score (nSPS) is 10.6. The Morgan fingerprint density at radius 1 is 1.18 bits per heavy atom. The van der Waals surface area contributed by atoms with Gasteiger partial charge in [0, 0.05) is 16.2 Å². The summed E-state index contributed by atoms with van der Waals surface area (Å²) >= 11 is 1.49. The smallest absolute Gasteiger partial charge is 0.339 e. The van der Waals surface area contributed by atoms with E-state index < -0.39 is 11.9 Å². The average molecular weight is 400 g/mol. The maximum atomic E-state index is 12.4. The van der Waals surface area contributed by atoms with Crippen LogP contribution in [0.1, 0.15) is 33.1 Å². The quantitative estimate of drug-likeness (QED) is 0.455. The third-order valence-corrected chi connectivity index (χ3v) is 5.13. The van der Waals surface area contributed by atoms with Gasteiger partial charge in [0.05, 0.1) is 24.1 Å². The molecule has 146 valence electrons. The van der Waals surface area contributed by atoms with Crippen LogP contribution in [0.3, 0.4) is 0 Å². The summed E-state index contributed by atoms with van der Waals surface area (Å²) in [6, 6.07) is 10.6. The van der Waals surface area contributed by atoms with Crippen LogP contribution in [0.15, 0.2) is 56.5 Å². The zero-order valence-corrected chi connectivity index (χ0v) is 16.4. The molecule has 0 fully saturated rings. The zero-order chi connectivity index (χ0) is 19.9. The average Bonchev–Trinajstić information content (AvgIpc) is 3.33. The molecule has 3 rings (SSSR count). The number of carbonyl (C=O) groups excluding carboxylic acids is 2. The van der Waals surface area contributed by atoms with Crippen LogP contribution in [0.2, 0.25) is 0 Å². The summed E-state index contributed by atoms with van der Waals surface area (Å²) in [5, 5.41) is 6.57. The van der Waals surface area contributed by atoms with Gasteiger partial charge >= 0.3 is 5.97 Å². The molecule has 0 saturated carbocycles. The number of furan rings is 1. The predicted octanol–water partition coefficient (Wildman–Crippen LogP) is 3.65. The Labute approximate surface area is 166 Å². The SMILES string of the molecule is Cc1noc(C)c1CSc1ccccc1C(=O)OCC(=O)NCc1ccco1. The second-order valence-corrected chi connectivity index (χ2v) is 7.04. The minimum atomic E-state index is -0.546. The first kappa shape index (κ1) is 19.8. The number of carbonyl (C=O) groups is 2. The number of benzene rings is 1. The monoisotopic (exact) mass is 400 g/mol. The van der Waals surface area contributed by atoms with Crippen molar-refractivity contribution in [1.29, 1.82) is 0 Å². The van der Waals surface area contributed by atoms with Crippen LogP contribution in [0, 0.1) is 13.8 Å². The van der Waals surface area contributed by atoms with Crippen LogP contribution in [-0.2, 0) is 21.8 Å². The number of amides is 1. The Morgan fingerprint density at radius 3 is 2.71 bits per heavy atom. The summed E-state index contributed by atoms with van der Waals surface area (Å²) in [5.74, 6) is 1.06. The fourth-order valence-corrected chi connectivity index (χ4v) is 3.67. The van der Waals surface area contributed by atoms with Gasteiger partial charge in [-0.3, -0.25) is 4.79 Å². The van der Waals surface area contributed by atoms with E-state index in [1.54, 1.807) is 24.3 Å². The molecular weight excluding hydrogens is 380 g/mol. The summed E-state index contributed by atoms with van der Waals surface area (Å²) in [4.78, 5) is 25.1. The fourth-order valence-electron chi connectivity index (χ4n) is 2.48. The molecule has 28 heavy (non-hydrogen) atoms. The van der Waals surface area contributed by atoms with Crippen molar-refractivity contribution in [2.75, 3.05) is 6.61 Å². The van der Waals surface area contributed by atoms with E-state index in [9.17, 15) is 9.59 Å². The Kier molecular flexibility index (Phi) is 6.54. The minimum absolute atomic E-state index is 0.243. The molecule has 1 amide bonds. The van der Waals surface area contributed by atoms with Crippen LogP contribution in [-0.4, -0.2) is 23.6 Å². The summed E-state index contributed by atoms with van der Waals surface area (Å²) in [7, 11) is 0. The molecule has 1 N–H and O–H groups in total. The summed E-state index contributed by atoms with van der Waals surface area (Å²) < 4.78 is 15.5. The van der Waals surface area contributed by atoms with E-state index in [-0.39, 0.29) is 13.2 Å². The number of esters is 1. The Morgan fingerprint density at radius 2 is 2.00 bits per heavy atom. The minimum Gasteiger partial charge on any atom is -0.467 e. The van der Waals surface area contributed by atoms with Gasteiger partial charge in [-0.25, -0.2) is 4.79 Å². The lowest BCUT2D eigenvalue weighted by molar-refractivity contribution is -0.124. The fraction of sp³-hybridized carbons (Fsp3) is 0.250. The lowest BCUT2D eigenvalue weighted by Crippen LogP contribution is -2.28. The molecule has 0 unspecified atom stereocenters. The second kappa shape index (κ2) is 9.27. The standard InChI is InChI=1S/C20H20N2O5S/c1-13-17(14(2)27-22-13)12-28-18-8-4-3-7-16(18)20(24)26-11-19(23)21-10-15-6-5-9-25-15/h3-9H,10-12H2,1-2H3,(H,21,23). The van der Waals surface area contributed by atoms with Crippen molar-refractivity contribution in [2.45, 2.75) is 31.0 Å². The third kappa shape index (κ3) is 5.04. The molecule has 0 saturated heterocycles. The molecular formula is C20H20N2O5S. The topological polar surface area (TPSA) is 94.6 Å². The maximum absolute atomic E-state index is 12.4. The lowest BCUT2D eigenvalue weighted by atomic mass is 10.2. The van der Waals surface area contributed by atoms with E-state index >= 15 is 0 Å². The number of ether oxygens (including phenoxy) is 1. The van der Waals surface area contributed by atoms with Gasteiger partial charge in [-0.15, -0.1) is 11.8 Å². The molecule has 2 heterocycles. The number of nitrogens with one attached hydrogen (secondary N) is 1. The molecule has 7 nitrogen and oxygen atoms in total. The molecule has 0 aliphatic carbocycles. The molecule has 2 aromatic heterocycles. The first-order chi connectivity index (χ1) is 13.5. The third-order valence-electron chi connectivity index (χ3n) is 4.03. The summed E-state index contributed by atoms with van der Waals surface area (Å²) in [5.41, 5.74) is 2.25. The number of aromatic nitrogens is 1. The van der Waals surface area contributed by atoms with Crippen LogP contribution in [0.5, 0.6) is 0 Å². The first-order valence-corrected chi connectivity index (χ1v) is 9.63. The molecule has 1 aromatic carbocycles. The molecule has 0 bridgehead atoms. The van der Waals surface area contributed by atoms with E-state index in [4.69, 9.17) is 13.7 Å². The Balaban J connectivity index is 1.55. The van der Waals surface area contributed by atoms with Gasteiger partial charge in [0.1, 0.15) is 11.5 Å². The van der Waals surface area contributed by atoms with E-state index in [1.807, 2.05) is 26.0 Å². The lowest BCUT2D eigenvalue weighted by Gasteiger charge is -2.09. The van der Waals surface area contributed by atoms with Crippen LogP contribution >= 0.6 is 11.8 Å². The van der Waals surface area contributed by atoms with Crippen LogP contribution in [0.4, 0.5) is 0 Å². The highest BCUT2D eigenvalue weighted by Crippen LogP contribution is 2.29. The van der Waals surface area contributed by atoms with Gasteiger partial charge in [-0.05, 0) is 38.1 Å². The molecule has 0 aliphatic rings. The van der Waals surface area contributed by atoms with Crippen molar-refractivity contribution in [2.24, 2.45) is 0 Å². The van der Waals surface area contributed by atoms with Gasteiger partial charge in [-0.2, -0.15) is 0 Å². The van der Waals surface area contributed by atoms with Gasteiger partial charge < -0.3 is 19.0 Å². The number of aryl methyl sites for hydroxylation is 2. The van der Waals surface area contributed by atoms with E-state index in [0.717, 1.165) is 21.9 Å². The Hall–Kier alpha value is -3.00. The van der Waals surface area contributed by atoms with Gasteiger partial charge in [0.25, 0.3) is 5.91 Å². The van der Waals surface area contributed by atoms with Crippen molar-refractivity contribution < 1.29 is 23.3 Å². The molecule has 3 aromatic rings. The van der Waals surface area contributed by atoms with E-state index in [2.05, 4.69) is 10.5 Å². The number of hydrogen-bond donors (Lipinski definition) is 1. The number of rotatable bonds is 8. The number of nitrogens with zero attached hydrogens (tertiary/aromatic N) is 1. The second-order valence-electron chi connectivity index (χ2n) is 6.02. The molecule has 0 radical (unpaired) electrons. The maximum Gasteiger partial charge on any atom is 0.339 e. The number of thioether (sulfide) groups is 1. The highest BCUT2D eigenvalue weighted by molar-refractivity contribution is 7.98. The number of hydrogen-bond acceptors (Lipinski definition) is 7. The van der Waals surface area contributed by atoms with Gasteiger partial charge in [0.15, 0.2) is 6.61 Å². The Bertz CT molecular complexity index is 930. The molecule has 8 heteroatoms. The van der Waals surface area contributed by atoms with Crippen molar-refractivity contribution in [3.63, 3.8) is 0 Å². The molecule has 0 atom stereocenters. The van der Waals surface area contributed by atoms with Crippen molar-refractivity contribution in [1.82, 2.24) is 10.5 Å². The summed E-state index contributed by atoms with van der Waals surface area (Å²) in [6.45, 7) is 3.63. The molecule has 0 aliphatic heterocycles. The van der Waals surface area contributed by atoms with Crippen LogP contribution < -0.4 is 5.32 Å². The highest BCUT2D eigenvalue weighted by Gasteiger charge is 2.16. The first-order valence-electron chi connectivity index (χ1n) is 8.64. The highest BCUT2D eigenvalue weighted by atomic mass is 32.2. The van der Waals surface area contributed by atoms with E-state index in [1.165, 1.54) is 18.0 Å². The van der Waals surface area contributed by atoms with Gasteiger partial charge in [-0.1, -0.05) is 17.3 Å². The summed E-state index contributed by atoms with van der Waals surface area (Å²) in [6.07, 6.45) is 1.53. The molecule has 0 spiro atoms. The van der Waals surface area contributed by atoms with Crippen molar-refractivity contribution in [3.05, 3.63) is 71.0 Å². The van der Waals surface area contributed by atoms with E-state index in [0.29, 0.717) is 17.1 Å². The van der Waals surface area contributed by atoms with Gasteiger partial charge in [0.2, 0.25) is 0 Å². The van der Waals surface area contributed by atoms with Crippen molar-refractivity contribution in [3.8, 4) is 0 Å².